The second-order valence-corrected chi connectivity index (χ2v) is 6.30. The summed E-state index contributed by atoms with van der Waals surface area (Å²) in [5.74, 6) is 2.17. The standard InChI is InChI=1S/C16H20O2/c17-16(15-6-10-1-2-11(15)5-10)12-3-4-13-8-18-9-14(13)7-12/h3-4,7,10-11,15-17H,1-2,5-6,8-9H2. The first-order valence-corrected chi connectivity index (χ1v) is 7.19. The molecule has 1 N–H and O–H groups in total. The van der Waals surface area contributed by atoms with Gasteiger partial charge in [-0.3, -0.25) is 0 Å². The Morgan fingerprint density at radius 3 is 2.78 bits per heavy atom. The molecule has 2 aliphatic carbocycles. The molecule has 2 heteroatoms. The minimum Gasteiger partial charge on any atom is -0.388 e. The lowest BCUT2D eigenvalue weighted by atomic mass is 9.82. The predicted octanol–water partition coefficient (Wildman–Crippen LogP) is 3.19. The molecule has 1 heterocycles. The average molecular weight is 244 g/mol. The lowest BCUT2D eigenvalue weighted by molar-refractivity contribution is 0.0744. The van der Waals surface area contributed by atoms with E-state index in [9.17, 15) is 5.11 Å². The third-order valence-electron chi connectivity index (χ3n) is 5.29. The third kappa shape index (κ3) is 1.63. The average Bonchev–Trinajstić information content (AvgIpc) is 3.12. The highest BCUT2D eigenvalue weighted by atomic mass is 16.5. The molecule has 2 fully saturated rings. The molecule has 3 aliphatic rings. The fourth-order valence-electron chi connectivity index (χ4n) is 4.30. The van der Waals surface area contributed by atoms with Crippen LogP contribution in [0.3, 0.4) is 0 Å². The van der Waals surface area contributed by atoms with Gasteiger partial charge in [-0.2, -0.15) is 0 Å². The summed E-state index contributed by atoms with van der Waals surface area (Å²) in [6.45, 7) is 1.45. The van der Waals surface area contributed by atoms with Gasteiger partial charge in [-0.15, -0.1) is 0 Å². The number of hydrogen-bond donors (Lipinski definition) is 1. The Kier molecular flexibility index (Phi) is 2.49. The van der Waals surface area contributed by atoms with Gasteiger partial charge in [-0.1, -0.05) is 24.6 Å². The van der Waals surface area contributed by atoms with Crippen LogP contribution in [0.25, 0.3) is 0 Å². The molecular weight excluding hydrogens is 224 g/mol. The Morgan fingerprint density at radius 2 is 2.00 bits per heavy atom. The highest BCUT2D eigenvalue weighted by Crippen LogP contribution is 2.52. The monoisotopic (exact) mass is 244 g/mol. The topological polar surface area (TPSA) is 29.5 Å². The van der Waals surface area contributed by atoms with E-state index < -0.39 is 0 Å². The molecule has 2 saturated carbocycles. The van der Waals surface area contributed by atoms with Gasteiger partial charge in [-0.05, 0) is 53.7 Å². The maximum atomic E-state index is 10.6. The number of ether oxygens (including phenoxy) is 1. The van der Waals surface area contributed by atoms with Crippen LogP contribution < -0.4 is 0 Å². The molecule has 4 rings (SSSR count). The Hall–Kier alpha value is -0.860. The van der Waals surface area contributed by atoms with Crippen molar-refractivity contribution in [2.24, 2.45) is 17.8 Å². The van der Waals surface area contributed by atoms with Crippen molar-refractivity contribution < 1.29 is 9.84 Å². The molecule has 1 aliphatic heterocycles. The lowest BCUT2D eigenvalue weighted by Crippen LogP contribution is -2.19. The van der Waals surface area contributed by atoms with Crippen LogP contribution in [0.5, 0.6) is 0 Å². The molecule has 0 radical (unpaired) electrons. The maximum Gasteiger partial charge on any atom is 0.0821 e. The van der Waals surface area contributed by atoms with Crippen LogP contribution in [0.1, 0.15) is 48.5 Å². The number of aliphatic hydroxyl groups excluding tert-OH is 1. The number of hydrogen-bond acceptors (Lipinski definition) is 2. The summed E-state index contributed by atoms with van der Waals surface area (Å²) < 4.78 is 5.44. The molecule has 4 unspecified atom stereocenters. The molecule has 18 heavy (non-hydrogen) atoms. The van der Waals surface area contributed by atoms with Gasteiger partial charge in [0.2, 0.25) is 0 Å². The van der Waals surface area contributed by atoms with E-state index >= 15 is 0 Å². The first kappa shape index (κ1) is 11.0. The van der Waals surface area contributed by atoms with Gasteiger partial charge in [0.25, 0.3) is 0 Å². The van der Waals surface area contributed by atoms with Gasteiger partial charge in [0, 0.05) is 0 Å². The number of rotatable bonds is 2. The Bertz CT molecular complexity index is 468. The Balaban J connectivity index is 1.59. The van der Waals surface area contributed by atoms with Crippen LogP contribution in [0, 0.1) is 17.8 Å². The highest BCUT2D eigenvalue weighted by Gasteiger charge is 2.43. The van der Waals surface area contributed by atoms with Gasteiger partial charge in [-0.25, -0.2) is 0 Å². The summed E-state index contributed by atoms with van der Waals surface area (Å²) in [6, 6.07) is 6.40. The SMILES string of the molecule is OC(c1ccc2c(c1)COC2)C1CC2CCC1C2. The molecule has 96 valence electrons. The first-order valence-electron chi connectivity index (χ1n) is 7.19. The molecule has 1 aromatic rings. The quantitative estimate of drug-likeness (QED) is 0.865. The Morgan fingerprint density at radius 1 is 1.11 bits per heavy atom. The number of aliphatic hydroxyl groups is 1. The van der Waals surface area contributed by atoms with Gasteiger partial charge < -0.3 is 9.84 Å². The summed E-state index contributed by atoms with van der Waals surface area (Å²) in [6.07, 6.45) is 5.06. The fourth-order valence-corrected chi connectivity index (χ4v) is 4.30. The maximum absolute atomic E-state index is 10.6. The predicted molar refractivity (Wildman–Crippen MR) is 68.8 cm³/mol. The Labute approximate surface area is 108 Å². The van der Waals surface area contributed by atoms with Crippen molar-refractivity contribution >= 4 is 0 Å². The van der Waals surface area contributed by atoms with Crippen molar-refractivity contribution in [2.45, 2.75) is 45.0 Å². The molecule has 0 aromatic heterocycles. The second kappa shape index (κ2) is 4.07. The summed E-state index contributed by atoms with van der Waals surface area (Å²) in [7, 11) is 0. The lowest BCUT2D eigenvalue weighted by Gasteiger charge is -2.27. The third-order valence-corrected chi connectivity index (χ3v) is 5.29. The van der Waals surface area contributed by atoms with E-state index in [0.29, 0.717) is 12.5 Å². The van der Waals surface area contributed by atoms with Crippen molar-refractivity contribution in [1.29, 1.82) is 0 Å². The van der Waals surface area contributed by atoms with Crippen molar-refractivity contribution in [2.75, 3.05) is 0 Å². The first-order chi connectivity index (χ1) is 8.81. The summed E-state index contributed by atoms with van der Waals surface area (Å²) in [5.41, 5.74) is 3.67. The zero-order valence-electron chi connectivity index (χ0n) is 10.6. The van der Waals surface area contributed by atoms with E-state index in [1.165, 1.54) is 36.8 Å². The van der Waals surface area contributed by atoms with Gasteiger partial charge in [0.05, 0.1) is 19.3 Å². The molecular formula is C16H20O2. The molecule has 1 aromatic carbocycles. The zero-order valence-corrected chi connectivity index (χ0v) is 10.6. The van der Waals surface area contributed by atoms with Crippen molar-refractivity contribution in [1.82, 2.24) is 0 Å². The van der Waals surface area contributed by atoms with E-state index in [4.69, 9.17) is 4.74 Å². The van der Waals surface area contributed by atoms with Gasteiger partial charge >= 0.3 is 0 Å². The van der Waals surface area contributed by atoms with Gasteiger partial charge in [0.1, 0.15) is 0 Å². The summed E-state index contributed by atoms with van der Waals surface area (Å²) in [4.78, 5) is 0. The molecule has 2 bridgehead atoms. The van der Waals surface area contributed by atoms with Crippen LogP contribution in [0.4, 0.5) is 0 Å². The van der Waals surface area contributed by atoms with Crippen molar-refractivity contribution in [3.63, 3.8) is 0 Å². The fraction of sp³-hybridized carbons (Fsp3) is 0.625. The number of benzene rings is 1. The van der Waals surface area contributed by atoms with Gasteiger partial charge in [0.15, 0.2) is 0 Å². The van der Waals surface area contributed by atoms with Crippen molar-refractivity contribution in [3.8, 4) is 0 Å². The highest BCUT2D eigenvalue weighted by molar-refractivity contribution is 5.34. The van der Waals surface area contributed by atoms with Crippen LogP contribution in [0.2, 0.25) is 0 Å². The van der Waals surface area contributed by atoms with Crippen LogP contribution in [0.15, 0.2) is 18.2 Å². The zero-order chi connectivity index (χ0) is 12.1. The van der Waals surface area contributed by atoms with E-state index in [-0.39, 0.29) is 6.10 Å². The normalized spacial score (nSPS) is 34.8. The largest absolute Gasteiger partial charge is 0.388 e. The minimum absolute atomic E-state index is 0.258. The molecule has 4 atom stereocenters. The smallest absolute Gasteiger partial charge is 0.0821 e. The van der Waals surface area contributed by atoms with Crippen LogP contribution in [-0.2, 0) is 18.0 Å². The molecule has 0 spiro atoms. The molecule has 0 amide bonds. The second-order valence-electron chi connectivity index (χ2n) is 6.30. The van der Waals surface area contributed by atoms with E-state index in [1.807, 2.05) is 0 Å². The van der Waals surface area contributed by atoms with Crippen LogP contribution >= 0.6 is 0 Å². The summed E-state index contributed by atoms with van der Waals surface area (Å²) in [5, 5.41) is 10.6. The summed E-state index contributed by atoms with van der Waals surface area (Å²) >= 11 is 0. The number of fused-ring (bicyclic) bond motifs is 3. The molecule has 0 saturated heterocycles. The van der Waals surface area contributed by atoms with E-state index in [2.05, 4.69) is 18.2 Å². The van der Waals surface area contributed by atoms with Crippen LogP contribution in [-0.4, -0.2) is 5.11 Å². The van der Waals surface area contributed by atoms with E-state index in [1.54, 1.807) is 0 Å². The van der Waals surface area contributed by atoms with E-state index in [0.717, 1.165) is 24.0 Å². The minimum atomic E-state index is -0.258. The molecule has 2 nitrogen and oxygen atoms in total. The van der Waals surface area contributed by atoms with Crippen molar-refractivity contribution in [3.05, 3.63) is 34.9 Å².